The molecule has 0 unspecified atom stereocenters. The predicted octanol–water partition coefficient (Wildman–Crippen LogP) is 3.09. The Bertz CT molecular complexity index is 700. The van der Waals surface area contributed by atoms with E-state index in [9.17, 15) is 0 Å². The second kappa shape index (κ2) is 7.23. The number of nitrogens with zero attached hydrogens (tertiary/aromatic N) is 1. The fourth-order valence-corrected chi connectivity index (χ4v) is 4.29. The van der Waals surface area contributed by atoms with Crippen LogP contribution in [0.1, 0.15) is 38.3 Å². The molecule has 2 aliphatic heterocycles. The van der Waals surface area contributed by atoms with Gasteiger partial charge in [0.1, 0.15) is 0 Å². The summed E-state index contributed by atoms with van der Waals surface area (Å²) in [6.45, 7) is 9.44. The van der Waals surface area contributed by atoms with Gasteiger partial charge in [-0.3, -0.25) is 5.43 Å². The molecule has 1 aromatic carbocycles. The number of hydrogen-bond donors (Lipinski definition) is 2. The fraction of sp³-hybridized carbons (Fsp3) is 0.556. The van der Waals surface area contributed by atoms with Gasteiger partial charge in [0.2, 0.25) is 0 Å². The van der Waals surface area contributed by atoms with Gasteiger partial charge in [-0.25, -0.2) is 0 Å². The van der Waals surface area contributed by atoms with Gasteiger partial charge in [0.15, 0.2) is 11.4 Å². The zero-order valence-corrected chi connectivity index (χ0v) is 16.7. The number of nitrogens with one attached hydrogen (secondary N) is 1. The summed E-state index contributed by atoms with van der Waals surface area (Å²) in [7, 11) is 0. The molecule has 2 aliphatic rings. The lowest BCUT2D eigenvalue weighted by molar-refractivity contribution is -0.0150. The Labute approximate surface area is 158 Å². The molecule has 25 heavy (non-hydrogen) atoms. The van der Waals surface area contributed by atoms with Crippen molar-refractivity contribution in [2.45, 2.75) is 62.1 Å². The van der Waals surface area contributed by atoms with E-state index >= 15 is 0 Å². The van der Waals surface area contributed by atoms with Gasteiger partial charge in [-0.15, -0.1) is 11.8 Å². The summed E-state index contributed by atoms with van der Waals surface area (Å²) < 4.78 is 11.7. The van der Waals surface area contributed by atoms with E-state index in [1.54, 1.807) is 0 Å². The number of hydrogen-bond acceptors (Lipinski definition) is 5. The average molecular weight is 380 g/mol. The van der Waals surface area contributed by atoms with E-state index in [0.717, 1.165) is 12.1 Å². The van der Waals surface area contributed by atoms with Crippen molar-refractivity contribution < 1.29 is 9.47 Å². The van der Waals surface area contributed by atoms with Crippen LogP contribution in [0.25, 0.3) is 0 Å². The number of ether oxygens (including phenoxy) is 2. The molecule has 7 heteroatoms. The van der Waals surface area contributed by atoms with Crippen LogP contribution in [0.4, 0.5) is 0 Å². The smallest absolute Gasteiger partial charge is 0.199 e. The standard InChI is InChI=1S/C18H25N3O2S2/c1-10-5-6-11(18(2,3)4)7-14(10)25-15-8-12(20-21-17(19)24)16-22-9-13(15)23-16/h5-7,13,15-16H,8-9H2,1-4H3,(H3,19,21,24)/b20-12+/t13-,15+,16-/m1/s1. The minimum Gasteiger partial charge on any atom is -0.375 e. The van der Waals surface area contributed by atoms with Crippen LogP contribution in [0.2, 0.25) is 0 Å². The van der Waals surface area contributed by atoms with E-state index in [1.807, 2.05) is 11.8 Å². The SMILES string of the molecule is Cc1ccc(C(C)(C)C)cc1S[C@H]1C/C(=N\NC(N)=S)[C@@H]2OC[C@H]1O2. The van der Waals surface area contributed by atoms with Gasteiger partial charge in [0.25, 0.3) is 0 Å². The quantitative estimate of drug-likeness (QED) is 0.621. The third-order valence-corrected chi connectivity index (χ3v) is 6.01. The highest BCUT2D eigenvalue weighted by Gasteiger charge is 2.42. The van der Waals surface area contributed by atoms with E-state index < -0.39 is 0 Å². The number of thiocarbonyl (C=S) groups is 1. The molecule has 2 saturated heterocycles. The first-order chi connectivity index (χ1) is 11.7. The zero-order chi connectivity index (χ0) is 18.2. The average Bonchev–Trinajstić information content (AvgIpc) is 2.94. The highest BCUT2D eigenvalue weighted by molar-refractivity contribution is 8.00. The van der Waals surface area contributed by atoms with Gasteiger partial charge in [0, 0.05) is 16.6 Å². The van der Waals surface area contributed by atoms with Crippen LogP contribution >= 0.6 is 24.0 Å². The van der Waals surface area contributed by atoms with E-state index in [-0.39, 0.29) is 28.2 Å². The Balaban J connectivity index is 1.80. The van der Waals surface area contributed by atoms with Crippen molar-refractivity contribution in [1.82, 2.24) is 5.43 Å². The third-order valence-electron chi connectivity index (χ3n) is 4.45. The molecule has 5 nitrogen and oxygen atoms in total. The molecule has 3 atom stereocenters. The van der Waals surface area contributed by atoms with Gasteiger partial charge in [-0.2, -0.15) is 5.10 Å². The number of aryl methyl sites for hydroxylation is 1. The van der Waals surface area contributed by atoms with Gasteiger partial charge in [-0.1, -0.05) is 32.9 Å². The molecule has 2 bridgehead atoms. The molecule has 0 radical (unpaired) electrons. The minimum absolute atomic E-state index is 0.0801. The fourth-order valence-electron chi connectivity index (χ4n) is 2.92. The topological polar surface area (TPSA) is 68.9 Å². The number of rotatable bonds is 3. The molecule has 136 valence electrons. The monoisotopic (exact) mass is 379 g/mol. The van der Waals surface area contributed by atoms with Crippen molar-refractivity contribution in [3.63, 3.8) is 0 Å². The van der Waals surface area contributed by atoms with Crippen molar-refractivity contribution in [2.24, 2.45) is 10.8 Å². The molecule has 2 fully saturated rings. The summed E-state index contributed by atoms with van der Waals surface area (Å²) in [6.07, 6.45) is 0.483. The summed E-state index contributed by atoms with van der Waals surface area (Å²) in [6, 6.07) is 6.71. The van der Waals surface area contributed by atoms with Crippen LogP contribution in [-0.4, -0.2) is 35.1 Å². The molecule has 2 heterocycles. The molecule has 3 rings (SSSR count). The van der Waals surface area contributed by atoms with Gasteiger partial charge >= 0.3 is 0 Å². The summed E-state index contributed by atoms with van der Waals surface area (Å²) in [5.74, 6) is 0. The van der Waals surface area contributed by atoms with Gasteiger partial charge in [-0.05, 0) is 41.7 Å². The first-order valence-electron chi connectivity index (χ1n) is 8.41. The first kappa shape index (κ1) is 18.6. The van der Waals surface area contributed by atoms with Crippen LogP contribution in [0.5, 0.6) is 0 Å². The number of benzene rings is 1. The summed E-state index contributed by atoms with van der Waals surface area (Å²) in [5.41, 5.74) is 11.7. The first-order valence-corrected chi connectivity index (χ1v) is 9.69. The Morgan fingerprint density at radius 3 is 2.84 bits per heavy atom. The van der Waals surface area contributed by atoms with Crippen molar-refractivity contribution in [2.75, 3.05) is 6.61 Å². The van der Waals surface area contributed by atoms with Crippen LogP contribution in [0.15, 0.2) is 28.2 Å². The molecule has 0 saturated carbocycles. The van der Waals surface area contributed by atoms with Crippen LogP contribution in [-0.2, 0) is 14.9 Å². The second-order valence-electron chi connectivity index (χ2n) is 7.51. The predicted molar refractivity (Wildman–Crippen MR) is 106 cm³/mol. The van der Waals surface area contributed by atoms with Crippen molar-refractivity contribution in [1.29, 1.82) is 0 Å². The van der Waals surface area contributed by atoms with Crippen molar-refractivity contribution in [3.05, 3.63) is 29.3 Å². The summed E-state index contributed by atoms with van der Waals surface area (Å²) in [4.78, 5) is 1.29. The molecule has 0 amide bonds. The minimum atomic E-state index is -0.384. The Kier molecular flexibility index (Phi) is 5.39. The largest absolute Gasteiger partial charge is 0.375 e. The summed E-state index contributed by atoms with van der Waals surface area (Å²) >= 11 is 6.66. The third kappa shape index (κ3) is 4.34. The second-order valence-corrected chi connectivity index (χ2v) is 9.23. The van der Waals surface area contributed by atoms with E-state index in [1.165, 1.54) is 16.0 Å². The van der Waals surface area contributed by atoms with Gasteiger partial charge < -0.3 is 15.2 Å². The number of thioether (sulfide) groups is 1. The normalized spacial score (nSPS) is 27.5. The maximum Gasteiger partial charge on any atom is 0.199 e. The number of hydrazone groups is 1. The molecular weight excluding hydrogens is 354 g/mol. The molecule has 3 N–H and O–H groups in total. The van der Waals surface area contributed by atoms with E-state index in [0.29, 0.717) is 6.61 Å². The van der Waals surface area contributed by atoms with E-state index in [2.05, 4.69) is 56.4 Å². The van der Waals surface area contributed by atoms with Crippen molar-refractivity contribution >= 4 is 34.8 Å². The van der Waals surface area contributed by atoms with Crippen LogP contribution < -0.4 is 11.2 Å². The maximum atomic E-state index is 5.97. The highest BCUT2D eigenvalue weighted by Crippen LogP contribution is 2.39. The molecule has 1 aromatic rings. The lowest BCUT2D eigenvalue weighted by Crippen LogP contribution is -2.39. The lowest BCUT2D eigenvalue weighted by Gasteiger charge is -2.29. The Morgan fingerprint density at radius 1 is 1.40 bits per heavy atom. The Morgan fingerprint density at radius 2 is 2.16 bits per heavy atom. The van der Waals surface area contributed by atoms with Crippen LogP contribution in [0.3, 0.4) is 0 Å². The van der Waals surface area contributed by atoms with Crippen LogP contribution in [0, 0.1) is 6.92 Å². The highest BCUT2D eigenvalue weighted by atomic mass is 32.2. The summed E-state index contributed by atoms with van der Waals surface area (Å²) in [5, 5.41) is 4.66. The number of fused-ring (bicyclic) bond motifs is 2. The Hall–Kier alpha value is -1.15. The number of nitrogens with two attached hydrogens (primary N) is 1. The van der Waals surface area contributed by atoms with E-state index in [4.69, 9.17) is 27.4 Å². The lowest BCUT2D eigenvalue weighted by atomic mass is 9.87. The maximum absolute atomic E-state index is 5.97. The molecule has 0 aromatic heterocycles. The zero-order valence-electron chi connectivity index (χ0n) is 15.0. The molecule has 0 aliphatic carbocycles. The van der Waals surface area contributed by atoms with Crippen molar-refractivity contribution in [3.8, 4) is 0 Å². The molecular formula is C18H25N3O2S2. The molecule has 0 spiro atoms. The van der Waals surface area contributed by atoms with Gasteiger partial charge in [0.05, 0.1) is 18.4 Å².